The van der Waals surface area contributed by atoms with Crippen molar-refractivity contribution in [1.29, 1.82) is 0 Å². The SMILES string of the molecule is CCC(=O)Nc1nc2ccc(Cl)cc2n2c(CC)nnc12. The molecule has 0 saturated carbocycles. The fraction of sp³-hybridized carbons (Fsp3) is 0.286. The van der Waals surface area contributed by atoms with Crippen LogP contribution in [0, 0.1) is 0 Å². The lowest BCUT2D eigenvalue weighted by atomic mass is 10.3. The zero-order valence-corrected chi connectivity index (χ0v) is 12.5. The van der Waals surface area contributed by atoms with Crippen LogP contribution in [-0.4, -0.2) is 25.5 Å². The van der Waals surface area contributed by atoms with Crippen molar-refractivity contribution < 1.29 is 4.79 Å². The summed E-state index contributed by atoms with van der Waals surface area (Å²) < 4.78 is 1.89. The van der Waals surface area contributed by atoms with Crippen molar-refractivity contribution in [2.24, 2.45) is 0 Å². The van der Waals surface area contributed by atoms with Crippen LogP contribution in [0.15, 0.2) is 18.2 Å². The van der Waals surface area contributed by atoms with Crippen molar-refractivity contribution in [3.8, 4) is 0 Å². The average Bonchev–Trinajstić information content (AvgIpc) is 2.92. The predicted molar refractivity (Wildman–Crippen MR) is 81.6 cm³/mol. The molecular weight excluding hydrogens is 290 g/mol. The van der Waals surface area contributed by atoms with Gasteiger partial charge < -0.3 is 5.32 Å². The Bertz CT molecular complexity index is 842. The van der Waals surface area contributed by atoms with Crippen molar-refractivity contribution in [3.63, 3.8) is 0 Å². The summed E-state index contributed by atoms with van der Waals surface area (Å²) in [4.78, 5) is 16.1. The normalized spacial score (nSPS) is 11.2. The molecule has 108 valence electrons. The molecule has 0 aliphatic heterocycles. The lowest BCUT2D eigenvalue weighted by molar-refractivity contribution is -0.115. The van der Waals surface area contributed by atoms with Crippen LogP contribution in [0.4, 0.5) is 5.82 Å². The Labute approximate surface area is 126 Å². The molecule has 0 radical (unpaired) electrons. The van der Waals surface area contributed by atoms with E-state index in [2.05, 4.69) is 20.5 Å². The molecule has 7 heteroatoms. The molecule has 3 aromatic rings. The van der Waals surface area contributed by atoms with E-state index in [-0.39, 0.29) is 5.91 Å². The summed E-state index contributed by atoms with van der Waals surface area (Å²) >= 11 is 6.08. The molecule has 0 spiro atoms. The fourth-order valence-electron chi connectivity index (χ4n) is 2.20. The Balaban J connectivity index is 2.35. The van der Waals surface area contributed by atoms with Gasteiger partial charge in [0.05, 0.1) is 11.0 Å². The second-order valence-electron chi connectivity index (χ2n) is 4.62. The summed E-state index contributed by atoms with van der Waals surface area (Å²) in [5.74, 6) is 1.11. The fourth-order valence-corrected chi connectivity index (χ4v) is 2.36. The van der Waals surface area contributed by atoms with E-state index in [4.69, 9.17) is 11.6 Å². The summed E-state index contributed by atoms with van der Waals surface area (Å²) in [7, 11) is 0. The summed E-state index contributed by atoms with van der Waals surface area (Å²) in [6, 6.07) is 5.41. The van der Waals surface area contributed by atoms with Crippen molar-refractivity contribution >= 4 is 40.0 Å². The van der Waals surface area contributed by atoms with E-state index < -0.39 is 0 Å². The van der Waals surface area contributed by atoms with Crippen LogP contribution in [0.2, 0.25) is 5.02 Å². The maximum Gasteiger partial charge on any atom is 0.225 e. The van der Waals surface area contributed by atoms with Gasteiger partial charge in [0.2, 0.25) is 11.6 Å². The number of aryl methyl sites for hydroxylation is 1. The van der Waals surface area contributed by atoms with Gasteiger partial charge in [0.1, 0.15) is 5.82 Å². The molecule has 2 aromatic heterocycles. The third-order valence-corrected chi connectivity index (χ3v) is 3.48. The van der Waals surface area contributed by atoms with Crippen molar-refractivity contribution in [3.05, 3.63) is 29.0 Å². The number of hydrogen-bond acceptors (Lipinski definition) is 4. The molecule has 1 aromatic carbocycles. The number of rotatable bonds is 3. The number of aromatic nitrogens is 4. The molecule has 1 amide bonds. The molecule has 0 bridgehead atoms. The molecule has 0 aliphatic rings. The van der Waals surface area contributed by atoms with Gasteiger partial charge in [-0.15, -0.1) is 10.2 Å². The first kappa shape index (κ1) is 13.8. The van der Waals surface area contributed by atoms with Crippen LogP contribution in [0.25, 0.3) is 16.7 Å². The first-order chi connectivity index (χ1) is 10.1. The highest BCUT2D eigenvalue weighted by atomic mass is 35.5. The van der Waals surface area contributed by atoms with Gasteiger partial charge in [-0.3, -0.25) is 9.20 Å². The van der Waals surface area contributed by atoms with E-state index in [1.165, 1.54) is 0 Å². The number of anilines is 1. The minimum Gasteiger partial charge on any atom is -0.308 e. The van der Waals surface area contributed by atoms with Crippen molar-refractivity contribution in [2.45, 2.75) is 26.7 Å². The van der Waals surface area contributed by atoms with E-state index in [0.717, 1.165) is 16.9 Å². The molecule has 6 nitrogen and oxygen atoms in total. The number of fused-ring (bicyclic) bond motifs is 3. The van der Waals surface area contributed by atoms with Gasteiger partial charge >= 0.3 is 0 Å². The Kier molecular flexibility index (Phi) is 3.47. The summed E-state index contributed by atoms with van der Waals surface area (Å²) in [6.45, 7) is 3.78. The van der Waals surface area contributed by atoms with Crippen LogP contribution in [-0.2, 0) is 11.2 Å². The zero-order valence-electron chi connectivity index (χ0n) is 11.7. The number of halogens is 1. The van der Waals surface area contributed by atoms with Gasteiger partial charge in [0.15, 0.2) is 5.82 Å². The average molecular weight is 304 g/mol. The maximum atomic E-state index is 11.7. The highest BCUT2D eigenvalue weighted by Crippen LogP contribution is 2.24. The van der Waals surface area contributed by atoms with Crippen LogP contribution in [0.5, 0.6) is 0 Å². The maximum absolute atomic E-state index is 11.7. The van der Waals surface area contributed by atoms with Crippen LogP contribution < -0.4 is 5.32 Å². The van der Waals surface area contributed by atoms with Gasteiger partial charge in [-0.1, -0.05) is 25.4 Å². The molecule has 0 atom stereocenters. The van der Waals surface area contributed by atoms with E-state index in [9.17, 15) is 4.79 Å². The van der Waals surface area contributed by atoms with Gasteiger partial charge in [-0.05, 0) is 18.2 Å². The highest BCUT2D eigenvalue weighted by molar-refractivity contribution is 6.31. The number of hydrogen-bond donors (Lipinski definition) is 1. The molecule has 1 N–H and O–H groups in total. The van der Waals surface area contributed by atoms with Gasteiger partial charge in [-0.25, -0.2) is 4.98 Å². The number of amides is 1. The third kappa shape index (κ3) is 2.31. The minimum absolute atomic E-state index is 0.112. The first-order valence-corrected chi connectivity index (χ1v) is 7.15. The Hall–Kier alpha value is -2.21. The molecule has 21 heavy (non-hydrogen) atoms. The standard InChI is InChI=1S/C14H14ClN5O/c1-3-11-18-19-14-13(17-12(21)4-2)16-9-6-5-8(15)7-10(9)20(11)14/h5-7H,3-4H2,1-2H3,(H,16,17,21). The molecule has 0 unspecified atom stereocenters. The Morgan fingerprint density at radius 1 is 1.33 bits per heavy atom. The summed E-state index contributed by atoms with van der Waals surface area (Å²) in [5.41, 5.74) is 2.09. The second kappa shape index (κ2) is 5.29. The van der Waals surface area contributed by atoms with Crippen LogP contribution in [0.1, 0.15) is 26.1 Å². The second-order valence-corrected chi connectivity index (χ2v) is 5.06. The molecule has 0 fully saturated rings. The number of nitrogens with zero attached hydrogens (tertiary/aromatic N) is 4. The number of carbonyl (C=O) groups excluding carboxylic acids is 1. The number of nitrogens with one attached hydrogen (secondary N) is 1. The highest BCUT2D eigenvalue weighted by Gasteiger charge is 2.15. The molecular formula is C14H14ClN5O. The van der Waals surface area contributed by atoms with Crippen LogP contribution in [0.3, 0.4) is 0 Å². The van der Waals surface area contributed by atoms with Crippen molar-refractivity contribution in [2.75, 3.05) is 5.32 Å². The smallest absolute Gasteiger partial charge is 0.225 e. The quantitative estimate of drug-likeness (QED) is 0.807. The number of benzene rings is 1. The summed E-state index contributed by atoms with van der Waals surface area (Å²) in [6.07, 6.45) is 1.09. The minimum atomic E-state index is -0.112. The largest absolute Gasteiger partial charge is 0.308 e. The zero-order chi connectivity index (χ0) is 15.0. The lowest BCUT2D eigenvalue weighted by Crippen LogP contribution is -2.12. The Morgan fingerprint density at radius 3 is 2.86 bits per heavy atom. The van der Waals surface area contributed by atoms with E-state index in [1.54, 1.807) is 13.0 Å². The first-order valence-electron chi connectivity index (χ1n) is 6.77. The van der Waals surface area contributed by atoms with Crippen molar-refractivity contribution in [1.82, 2.24) is 19.6 Å². The van der Waals surface area contributed by atoms with Crippen LogP contribution >= 0.6 is 11.6 Å². The monoisotopic (exact) mass is 303 g/mol. The number of carbonyl (C=O) groups is 1. The third-order valence-electron chi connectivity index (χ3n) is 3.25. The molecule has 0 saturated heterocycles. The van der Waals surface area contributed by atoms with E-state index in [1.807, 2.05) is 23.5 Å². The van der Waals surface area contributed by atoms with E-state index in [0.29, 0.717) is 29.3 Å². The van der Waals surface area contributed by atoms with Gasteiger partial charge in [0.25, 0.3) is 0 Å². The topological polar surface area (TPSA) is 72.2 Å². The molecule has 2 heterocycles. The van der Waals surface area contributed by atoms with Gasteiger partial charge in [-0.2, -0.15) is 0 Å². The molecule has 3 rings (SSSR count). The Morgan fingerprint density at radius 2 is 2.14 bits per heavy atom. The summed E-state index contributed by atoms with van der Waals surface area (Å²) in [5, 5.41) is 11.7. The lowest BCUT2D eigenvalue weighted by Gasteiger charge is -2.09. The van der Waals surface area contributed by atoms with E-state index >= 15 is 0 Å². The predicted octanol–water partition coefficient (Wildman–Crippen LogP) is 2.84. The molecule has 0 aliphatic carbocycles. The van der Waals surface area contributed by atoms with Gasteiger partial charge in [0, 0.05) is 17.9 Å².